The molecule has 0 rings (SSSR count). The average molecular weight is 194 g/mol. The van der Waals surface area contributed by atoms with E-state index >= 15 is 0 Å². The van der Waals surface area contributed by atoms with Gasteiger partial charge < -0.3 is 10.2 Å². The van der Waals surface area contributed by atoms with Crippen molar-refractivity contribution >= 4 is 0 Å². The zero-order valence-corrected chi connectivity index (χ0v) is 13.6. The summed E-state index contributed by atoms with van der Waals surface area (Å²) in [4.78, 5) is 0. The van der Waals surface area contributed by atoms with Crippen LogP contribution >= 0.6 is 0 Å². The van der Waals surface area contributed by atoms with Gasteiger partial charge in [0.25, 0.3) is 0 Å². The van der Waals surface area contributed by atoms with Gasteiger partial charge in [-0.2, -0.15) is 0 Å². The SMILES string of the molecule is CC([O-])CCC(C)[O-].[K+].[K+]. The molecule has 2 atom stereocenters. The van der Waals surface area contributed by atoms with Crippen molar-refractivity contribution in [2.75, 3.05) is 0 Å². The molecule has 0 saturated heterocycles. The topological polar surface area (TPSA) is 46.1 Å². The fourth-order valence-electron chi connectivity index (χ4n) is 0.469. The van der Waals surface area contributed by atoms with Crippen LogP contribution < -0.4 is 113 Å². The third-order valence-corrected chi connectivity index (χ3v) is 0.980. The van der Waals surface area contributed by atoms with Gasteiger partial charge in [0.2, 0.25) is 0 Å². The van der Waals surface area contributed by atoms with E-state index in [9.17, 15) is 10.2 Å². The second-order valence-corrected chi connectivity index (χ2v) is 2.20. The first-order valence-corrected chi connectivity index (χ1v) is 2.94. The van der Waals surface area contributed by atoms with Crippen LogP contribution in [0.1, 0.15) is 26.7 Å². The molecule has 0 heterocycles. The number of rotatable bonds is 3. The predicted molar refractivity (Wildman–Crippen MR) is 28.2 cm³/mol. The Kier molecular flexibility index (Phi) is 23.0. The molecule has 0 spiro atoms. The largest absolute Gasteiger partial charge is 1.00 e. The number of hydrogen-bond donors (Lipinski definition) is 0. The Morgan fingerprint density at radius 3 is 1.20 bits per heavy atom. The van der Waals surface area contributed by atoms with Crippen LogP contribution in [0.5, 0.6) is 0 Å². The van der Waals surface area contributed by atoms with Crippen LogP contribution in [-0.4, -0.2) is 12.2 Å². The second-order valence-electron chi connectivity index (χ2n) is 2.20. The standard InChI is InChI=1S/C6H12O2.2K/c1-5(7)3-4-6(2)8;;/h5-6H,3-4H2,1-2H3;;/q-2;2*+1. The molecule has 0 fully saturated rings. The van der Waals surface area contributed by atoms with Gasteiger partial charge in [0.05, 0.1) is 0 Å². The molecule has 0 N–H and O–H groups in total. The summed E-state index contributed by atoms with van der Waals surface area (Å²) in [6.07, 6.45) is -0.0900. The first kappa shape index (κ1) is 18.9. The Bertz CT molecular complexity index is 49.7. The Morgan fingerprint density at radius 2 is 1.10 bits per heavy atom. The predicted octanol–water partition coefficient (Wildman–Crippen LogP) is -6.73. The summed E-state index contributed by atoms with van der Waals surface area (Å²) in [6.45, 7) is 3.17. The summed E-state index contributed by atoms with van der Waals surface area (Å²) in [5, 5.41) is 20.6. The Labute approximate surface area is 148 Å². The van der Waals surface area contributed by atoms with Gasteiger partial charge in [0.15, 0.2) is 0 Å². The smallest absolute Gasteiger partial charge is 0.852 e. The van der Waals surface area contributed by atoms with E-state index in [2.05, 4.69) is 0 Å². The maximum absolute atomic E-state index is 10.3. The molecule has 0 aromatic heterocycles. The molecule has 0 aromatic carbocycles. The second kappa shape index (κ2) is 12.2. The van der Waals surface area contributed by atoms with Crippen molar-refractivity contribution in [1.29, 1.82) is 0 Å². The van der Waals surface area contributed by atoms with E-state index < -0.39 is 12.2 Å². The molecule has 0 aliphatic rings. The minimum atomic E-state index is -0.564. The molecule has 0 amide bonds. The maximum atomic E-state index is 10.3. The van der Waals surface area contributed by atoms with Crippen molar-refractivity contribution < 1.29 is 113 Å². The molecule has 0 saturated carbocycles. The van der Waals surface area contributed by atoms with E-state index in [4.69, 9.17) is 0 Å². The summed E-state index contributed by atoms with van der Waals surface area (Å²) in [7, 11) is 0. The van der Waals surface area contributed by atoms with Gasteiger partial charge in [0, 0.05) is 0 Å². The molecule has 0 aromatic rings. The molecule has 0 aliphatic heterocycles. The molecular weight excluding hydrogens is 182 g/mol. The summed E-state index contributed by atoms with van der Waals surface area (Å²) < 4.78 is 0. The fourth-order valence-corrected chi connectivity index (χ4v) is 0.469. The van der Waals surface area contributed by atoms with Crippen molar-refractivity contribution in [2.24, 2.45) is 0 Å². The van der Waals surface area contributed by atoms with E-state index in [0.717, 1.165) is 0 Å². The molecule has 0 bridgehead atoms. The monoisotopic (exact) mass is 194 g/mol. The third kappa shape index (κ3) is 17.3. The van der Waals surface area contributed by atoms with Gasteiger partial charge in [-0.1, -0.05) is 26.7 Å². The zero-order chi connectivity index (χ0) is 6.57. The van der Waals surface area contributed by atoms with Gasteiger partial charge in [0.1, 0.15) is 0 Å². The average Bonchev–Trinajstić information content (AvgIpc) is 1.61. The molecule has 50 valence electrons. The van der Waals surface area contributed by atoms with Crippen molar-refractivity contribution in [1.82, 2.24) is 0 Å². The van der Waals surface area contributed by atoms with E-state index in [1.165, 1.54) is 0 Å². The van der Waals surface area contributed by atoms with Gasteiger partial charge in [-0.25, -0.2) is 0 Å². The van der Waals surface area contributed by atoms with Gasteiger partial charge in [-0.3, -0.25) is 0 Å². The molecule has 4 heteroatoms. The van der Waals surface area contributed by atoms with E-state index in [0.29, 0.717) is 12.8 Å². The van der Waals surface area contributed by atoms with Crippen LogP contribution in [0.25, 0.3) is 0 Å². The molecule has 0 radical (unpaired) electrons. The molecule has 2 unspecified atom stereocenters. The van der Waals surface area contributed by atoms with E-state index in [-0.39, 0.29) is 103 Å². The maximum Gasteiger partial charge on any atom is 1.00 e. The Balaban J connectivity index is -0.000000245. The van der Waals surface area contributed by atoms with Gasteiger partial charge in [-0.05, 0) is 0 Å². The minimum absolute atomic E-state index is 0. The van der Waals surface area contributed by atoms with Crippen LogP contribution in [0.3, 0.4) is 0 Å². The zero-order valence-electron chi connectivity index (χ0n) is 7.39. The number of hydrogen-bond acceptors (Lipinski definition) is 2. The minimum Gasteiger partial charge on any atom is -0.852 e. The van der Waals surface area contributed by atoms with Crippen molar-refractivity contribution in [2.45, 2.75) is 38.9 Å². The quantitative estimate of drug-likeness (QED) is 0.419. The Morgan fingerprint density at radius 1 is 0.900 bits per heavy atom. The van der Waals surface area contributed by atoms with Crippen LogP contribution in [0.2, 0.25) is 0 Å². The van der Waals surface area contributed by atoms with Crippen LogP contribution in [0, 0.1) is 0 Å². The molecule has 10 heavy (non-hydrogen) atoms. The molecule has 0 aliphatic carbocycles. The fraction of sp³-hybridized carbons (Fsp3) is 1.00. The van der Waals surface area contributed by atoms with Crippen molar-refractivity contribution in [3.63, 3.8) is 0 Å². The first-order valence-electron chi connectivity index (χ1n) is 2.94. The summed E-state index contributed by atoms with van der Waals surface area (Å²) in [6, 6.07) is 0. The summed E-state index contributed by atoms with van der Waals surface area (Å²) in [5.74, 6) is 0. The third-order valence-electron chi connectivity index (χ3n) is 0.980. The summed E-state index contributed by atoms with van der Waals surface area (Å²) >= 11 is 0. The van der Waals surface area contributed by atoms with E-state index in [1.54, 1.807) is 13.8 Å². The first-order chi connectivity index (χ1) is 3.63. The van der Waals surface area contributed by atoms with Gasteiger partial charge in [-0.15, -0.1) is 12.2 Å². The van der Waals surface area contributed by atoms with E-state index in [1.807, 2.05) is 0 Å². The summed E-state index contributed by atoms with van der Waals surface area (Å²) in [5.41, 5.74) is 0. The van der Waals surface area contributed by atoms with Crippen LogP contribution in [0.15, 0.2) is 0 Å². The molecule has 2 nitrogen and oxygen atoms in total. The van der Waals surface area contributed by atoms with Crippen molar-refractivity contribution in [3.05, 3.63) is 0 Å². The Hall–Kier alpha value is 3.19. The molecular formula is C6H12K2O2. The van der Waals surface area contributed by atoms with Gasteiger partial charge >= 0.3 is 103 Å². The van der Waals surface area contributed by atoms with Crippen LogP contribution in [0.4, 0.5) is 0 Å². The van der Waals surface area contributed by atoms with Crippen molar-refractivity contribution in [3.8, 4) is 0 Å². The van der Waals surface area contributed by atoms with Crippen LogP contribution in [-0.2, 0) is 0 Å². The normalized spacial score (nSPS) is 14.4.